The van der Waals surface area contributed by atoms with Gasteiger partial charge in [-0.25, -0.2) is 9.97 Å². The van der Waals surface area contributed by atoms with Crippen LogP contribution in [0.3, 0.4) is 0 Å². The van der Waals surface area contributed by atoms with Crippen LogP contribution in [-0.2, 0) is 0 Å². The van der Waals surface area contributed by atoms with Crippen LogP contribution in [0.15, 0.2) is 18.5 Å². The van der Waals surface area contributed by atoms with Crippen LogP contribution in [0.5, 0.6) is 5.75 Å². The lowest BCUT2D eigenvalue weighted by Gasteiger charge is -2.35. The van der Waals surface area contributed by atoms with Crippen molar-refractivity contribution in [3.8, 4) is 5.75 Å². The summed E-state index contributed by atoms with van der Waals surface area (Å²) in [6.07, 6.45) is 3.24. The van der Waals surface area contributed by atoms with E-state index >= 15 is 0 Å². The Labute approximate surface area is 150 Å². The van der Waals surface area contributed by atoms with Gasteiger partial charge >= 0.3 is 0 Å². The van der Waals surface area contributed by atoms with E-state index in [0.717, 1.165) is 23.4 Å². The molecule has 7 nitrogen and oxygen atoms in total. The first-order chi connectivity index (χ1) is 12.1. The van der Waals surface area contributed by atoms with E-state index in [-0.39, 0.29) is 18.6 Å². The van der Waals surface area contributed by atoms with Crippen LogP contribution >= 0.6 is 11.3 Å². The number of aliphatic hydroxyl groups is 1. The Kier molecular flexibility index (Phi) is 5.50. The van der Waals surface area contributed by atoms with Crippen molar-refractivity contribution < 1.29 is 14.6 Å². The largest absolute Gasteiger partial charge is 0.495 e. The maximum absolute atomic E-state index is 12.4. The first kappa shape index (κ1) is 17.6. The first-order valence-electron chi connectivity index (χ1n) is 8.22. The van der Waals surface area contributed by atoms with Crippen LogP contribution in [0.1, 0.15) is 39.0 Å². The highest BCUT2D eigenvalue weighted by atomic mass is 32.1. The summed E-state index contributed by atoms with van der Waals surface area (Å²) < 4.78 is 5.26. The molecule has 0 aliphatic heterocycles. The zero-order chi connectivity index (χ0) is 17.8. The van der Waals surface area contributed by atoms with Crippen molar-refractivity contribution in [1.29, 1.82) is 0 Å². The van der Waals surface area contributed by atoms with E-state index in [2.05, 4.69) is 20.6 Å². The topological polar surface area (TPSA) is 96.4 Å². The summed E-state index contributed by atoms with van der Waals surface area (Å²) in [6, 6.07) is 3.93. The molecular weight excluding hydrogens is 340 g/mol. The number of methoxy groups -OCH3 is 1. The van der Waals surface area contributed by atoms with Crippen LogP contribution in [-0.4, -0.2) is 47.3 Å². The predicted molar refractivity (Wildman–Crippen MR) is 96.4 cm³/mol. The second kappa shape index (κ2) is 7.79. The summed E-state index contributed by atoms with van der Waals surface area (Å²) in [5.74, 6) is 1.58. The van der Waals surface area contributed by atoms with Crippen LogP contribution in [0.2, 0.25) is 0 Å². The average molecular weight is 362 g/mol. The molecule has 25 heavy (non-hydrogen) atoms. The van der Waals surface area contributed by atoms with Crippen molar-refractivity contribution >= 4 is 23.1 Å². The number of thiophene rings is 1. The number of anilines is 1. The lowest BCUT2D eigenvalue weighted by molar-refractivity contribution is 0.0909. The lowest BCUT2D eigenvalue weighted by Crippen LogP contribution is -2.43. The van der Waals surface area contributed by atoms with Gasteiger partial charge < -0.3 is 20.5 Å². The van der Waals surface area contributed by atoms with Gasteiger partial charge in [-0.3, -0.25) is 4.79 Å². The van der Waals surface area contributed by atoms with E-state index in [9.17, 15) is 4.79 Å². The summed E-state index contributed by atoms with van der Waals surface area (Å²) in [5.41, 5.74) is 0.963. The minimum absolute atomic E-state index is 0.0581. The third kappa shape index (κ3) is 4.08. The maximum Gasteiger partial charge on any atom is 0.265 e. The first-order valence-corrected chi connectivity index (χ1v) is 9.04. The number of carbonyl (C=O) groups is 1. The number of aliphatic hydroxyl groups excluding tert-OH is 1. The van der Waals surface area contributed by atoms with Crippen molar-refractivity contribution in [2.24, 2.45) is 0 Å². The summed E-state index contributed by atoms with van der Waals surface area (Å²) in [6.45, 7) is 2.48. The molecule has 0 unspecified atom stereocenters. The highest BCUT2D eigenvalue weighted by Gasteiger charge is 2.33. The summed E-state index contributed by atoms with van der Waals surface area (Å²) in [7, 11) is 1.58. The summed E-state index contributed by atoms with van der Waals surface area (Å²) >= 11 is 1.44. The van der Waals surface area contributed by atoms with Crippen LogP contribution < -0.4 is 15.4 Å². The lowest BCUT2D eigenvalue weighted by atomic mass is 9.78. The number of nitrogens with zero attached hydrogens (tertiary/aromatic N) is 2. The highest BCUT2D eigenvalue weighted by Crippen LogP contribution is 2.37. The second-order valence-corrected chi connectivity index (χ2v) is 7.33. The molecule has 0 radical (unpaired) electrons. The predicted octanol–water partition coefficient (Wildman–Crippen LogP) is 1.94. The van der Waals surface area contributed by atoms with Gasteiger partial charge in [0.1, 0.15) is 22.8 Å². The van der Waals surface area contributed by atoms with Gasteiger partial charge in [-0.15, -0.1) is 11.3 Å². The number of amides is 1. The highest BCUT2D eigenvalue weighted by molar-refractivity contribution is 7.14. The number of aromatic nitrogens is 2. The molecule has 2 heterocycles. The number of aryl methyl sites for hydroxylation is 1. The maximum atomic E-state index is 12.4. The van der Waals surface area contributed by atoms with E-state index in [1.54, 1.807) is 7.11 Å². The molecule has 3 rings (SSSR count). The fourth-order valence-corrected chi connectivity index (χ4v) is 3.79. The van der Waals surface area contributed by atoms with Gasteiger partial charge in [0.2, 0.25) is 0 Å². The average Bonchev–Trinajstić information content (AvgIpc) is 2.97. The number of nitrogens with one attached hydrogen (secondary N) is 2. The molecule has 1 amide bonds. The molecule has 1 fully saturated rings. The minimum atomic E-state index is -0.0774. The Morgan fingerprint density at radius 3 is 2.92 bits per heavy atom. The van der Waals surface area contributed by atoms with Crippen molar-refractivity contribution in [2.75, 3.05) is 25.6 Å². The van der Waals surface area contributed by atoms with Gasteiger partial charge in [0.15, 0.2) is 0 Å². The minimum Gasteiger partial charge on any atom is -0.495 e. The zero-order valence-corrected chi connectivity index (χ0v) is 15.1. The van der Waals surface area contributed by atoms with E-state index in [0.29, 0.717) is 28.9 Å². The van der Waals surface area contributed by atoms with Crippen molar-refractivity contribution in [3.63, 3.8) is 0 Å². The van der Waals surface area contributed by atoms with E-state index < -0.39 is 0 Å². The van der Waals surface area contributed by atoms with Gasteiger partial charge in [-0.05, 0) is 25.8 Å². The Morgan fingerprint density at radius 1 is 1.40 bits per heavy atom. The van der Waals surface area contributed by atoms with Gasteiger partial charge in [0.25, 0.3) is 5.91 Å². The molecule has 1 aliphatic rings. The Morgan fingerprint density at radius 2 is 2.20 bits per heavy atom. The molecule has 0 atom stereocenters. The van der Waals surface area contributed by atoms with E-state index in [1.807, 2.05) is 19.1 Å². The van der Waals surface area contributed by atoms with Gasteiger partial charge in [0.05, 0.1) is 13.7 Å². The Bertz CT molecular complexity index is 743. The van der Waals surface area contributed by atoms with Crippen molar-refractivity contribution in [2.45, 2.75) is 31.7 Å². The molecule has 0 saturated heterocycles. The third-order valence-corrected chi connectivity index (χ3v) is 5.28. The fraction of sp³-hybridized carbons (Fsp3) is 0.471. The van der Waals surface area contributed by atoms with E-state index in [1.165, 1.54) is 17.7 Å². The molecule has 0 aromatic carbocycles. The molecule has 134 valence electrons. The van der Waals surface area contributed by atoms with Crippen LogP contribution in [0.25, 0.3) is 0 Å². The molecule has 0 spiro atoms. The molecule has 2 aromatic heterocycles. The summed E-state index contributed by atoms with van der Waals surface area (Å²) in [4.78, 5) is 22.6. The molecule has 0 bridgehead atoms. The number of carbonyl (C=O) groups excluding carboxylic acids is 1. The quantitative estimate of drug-likeness (QED) is 0.696. The normalized spacial score (nSPS) is 19.2. The van der Waals surface area contributed by atoms with Gasteiger partial charge in [0, 0.05) is 35.1 Å². The molecule has 8 heteroatoms. The molecule has 1 aliphatic carbocycles. The fourth-order valence-electron chi connectivity index (χ4n) is 2.91. The zero-order valence-electron chi connectivity index (χ0n) is 14.3. The van der Waals surface area contributed by atoms with Crippen LogP contribution in [0.4, 0.5) is 5.82 Å². The second-order valence-electron chi connectivity index (χ2n) is 6.07. The number of rotatable bonds is 7. The Hall–Kier alpha value is -2.19. The van der Waals surface area contributed by atoms with Gasteiger partial charge in [-0.1, -0.05) is 0 Å². The molecule has 2 aromatic rings. The standard InChI is InChI=1S/C17H22N4O3S/c1-10-5-14(24-2)16(25-10)17(23)21-12-6-11(7-12)13-8-15(18-3-4-22)20-9-19-13/h5,8-9,11-12,22H,3-4,6-7H2,1-2H3,(H,21,23)(H,18,19,20). The molecule has 3 N–H and O–H groups in total. The van der Waals surface area contributed by atoms with Crippen molar-refractivity contribution in [3.05, 3.63) is 33.9 Å². The smallest absolute Gasteiger partial charge is 0.265 e. The number of hydrogen-bond donors (Lipinski definition) is 3. The third-order valence-electron chi connectivity index (χ3n) is 4.25. The van der Waals surface area contributed by atoms with Gasteiger partial charge in [-0.2, -0.15) is 0 Å². The van der Waals surface area contributed by atoms with E-state index in [4.69, 9.17) is 9.84 Å². The monoisotopic (exact) mass is 362 g/mol. The Balaban J connectivity index is 1.55. The van der Waals surface area contributed by atoms with Crippen LogP contribution in [0, 0.1) is 6.92 Å². The molecular formula is C17H22N4O3S. The molecule has 1 saturated carbocycles. The SMILES string of the molecule is COc1cc(C)sc1C(=O)NC1CC(c2cc(NCCO)ncn2)C1. The summed E-state index contributed by atoms with van der Waals surface area (Å²) in [5, 5.41) is 15.0. The number of hydrogen-bond acceptors (Lipinski definition) is 7. The number of ether oxygens (including phenoxy) is 1. The van der Waals surface area contributed by atoms with Crippen molar-refractivity contribution in [1.82, 2.24) is 15.3 Å².